The van der Waals surface area contributed by atoms with E-state index in [0.717, 1.165) is 6.42 Å². The molecule has 0 spiro atoms. The van der Waals surface area contributed by atoms with Gasteiger partial charge in [0.2, 0.25) is 0 Å². The molecule has 0 atom stereocenters. The number of hydrogen-bond donors (Lipinski definition) is 1. The average molecular weight is 165 g/mol. The van der Waals surface area contributed by atoms with Crippen LogP contribution >= 0.6 is 0 Å². The van der Waals surface area contributed by atoms with Crippen molar-refractivity contribution in [1.29, 1.82) is 0 Å². The number of nitrogens with zero attached hydrogens (tertiary/aromatic N) is 1. The third kappa shape index (κ3) is 2.91. The van der Waals surface area contributed by atoms with Crippen LogP contribution in [0.15, 0.2) is 29.0 Å². The van der Waals surface area contributed by atoms with Crippen molar-refractivity contribution in [2.24, 2.45) is 5.16 Å². The van der Waals surface area contributed by atoms with E-state index in [1.54, 1.807) is 6.92 Å². The third-order valence-corrected chi connectivity index (χ3v) is 2.02. The van der Waals surface area contributed by atoms with Crippen LogP contribution in [-0.2, 0) is 0 Å². The summed E-state index contributed by atoms with van der Waals surface area (Å²) in [6.45, 7) is 1.78. The van der Waals surface area contributed by atoms with Gasteiger partial charge in [-0.25, -0.2) is 0 Å². The molecule has 0 aromatic carbocycles. The van der Waals surface area contributed by atoms with Gasteiger partial charge in [0.15, 0.2) is 0 Å². The van der Waals surface area contributed by atoms with Gasteiger partial charge < -0.3 is 5.21 Å². The Hall–Kier alpha value is -1.05. The van der Waals surface area contributed by atoms with Crippen LogP contribution in [0.5, 0.6) is 0 Å². The van der Waals surface area contributed by atoms with E-state index in [4.69, 9.17) is 5.21 Å². The Labute approximate surface area is 73.3 Å². The second kappa shape index (κ2) is 4.75. The SMILES string of the molecule is CC(C=CC1=CCCCC1)=NO. The first-order chi connectivity index (χ1) is 5.83. The zero-order valence-corrected chi connectivity index (χ0v) is 7.45. The van der Waals surface area contributed by atoms with Crippen LogP contribution in [0, 0.1) is 0 Å². The zero-order chi connectivity index (χ0) is 8.81. The highest BCUT2D eigenvalue weighted by atomic mass is 16.4. The van der Waals surface area contributed by atoms with Gasteiger partial charge in [-0.1, -0.05) is 22.9 Å². The number of allylic oxidation sites excluding steroid dienone is 4. The smallest absolute Gasteiger partial charge is 0.0764 e. The molecule has 0 unspecified atom stereocenters. The maximum atomic E-state index is 8.38. The van der Waals surface area contributed by atoms with Gasteiger partial charge in [0.25, 0.3) is 0 Å². The molecule has 0 saturated heterocycles. The number of hydrogen-bond acceptors (Lipinski definition) is 2. The topological polar surface area (TPSA) is 32.6 Å². The highest BCUT2D eigenvalue weighted by Crippen LogP contribution is 2.17. The van der Waals surface area contributed by atoms with Crippen LogP contribution in [0.4, 0.5) is 0 Å². The molecule has 0 aromatic heterocycles. The van der Waals surface area contributed by atoms with Crippen molar-refractivity contribution < 1.29 is 5.21 Å². The van der Waals surface area contributed by atoms with Crippen LogP contribution < -0.4 is 0 Å². The first-order valence-corrected chi connectivity index (χ1v) is 4.38. The molecule has 1 N–H and O–H groups in total. The predicted molar refractivity (Wildman–Crippen MR) is 50.6 cm³/mol. The Bertz CT molecular complexity index is 226. The lowest BCUT2D eigenvalue weighted by atomic mass is 9.99. The number of oxime groups is 1. The molecule has 0 heterocycles. The van der Waals surface area contributed by atoms with E-state index < -0.39 is 0 Å². The van der Waals surface area contributed by atoms with Crippen molar-refractivity contribution in [1.82, 2.24) is 0 Å². The van der Waals surface area contributed by atoms with Crippen molar-refractivity contribution >= 4 is 5.71 Å². The normalized spacial score (nSPS) is 19.8. The minimum absolute atomic E-state index is 0.654. The second-order valence-electron chi connectivity index (χ2n) is 3.10. The maximum absolute atomic E-state index is 8.38. The maximum Gasteiger partial charge on any atom is 0.0764 e. The molecule has 0 fully saturated rings. The number of rotatable bonds is 2. The van der Waals surface area contributed by atoms with Gasteiger partial charge in [0, 0.05) is 0 Å². The van der Waals surface area contributed by atoms with E-state index >= 15 is 0 Å². The Kier molecular flexibility index (Phi) is 3.58. The summed E-state index contributed by atoms with van der Waals surface area (Å²) in [7, 11) is 0. The molecule has 0 aromatic rings. The fourth-order valence-electron chi connectivity index (χ4n) is 1.28. The van der Waals surface area contributed by atoms with Crippen molar-refractivity contribution in [3.05, 3.63) is 23.8 Å². The van der Waals surface area contributed by atoms with Crippen LogP contribution in [0.3, 0.4) is 0 Å². The highest BCUT2D eigenvalue weighted by molar-refractivity contribution is 5.92. The molecule has 0 saturated carbocycles. The van der Waals surface area contributed by atoms with Gasteiger partial charge in [-0.2, -0.15) is 0 Å². The molecule has 2 heteroatoms. The third-order valence-electron chi connectivity index (χ3n) is 2.02. The van der Waals surface area contributed by atoms with E-state index in [0.29, 0.717) is 5.71 Å². The summed E-state index contributed by atoms with van der Waals surface area (Å²) in [4.78, 5) is 0. The molecule has 1 aliphatic rings. The van der Waals surface area contributed by atoms with E-state index in [9.17, 15) is 0 Å². The standard InChI is InChI=1S/C10H15NO/c1-9(11-12)7-8-10-5-3-2-4-6-10/h5,7-8,12H,2-4,6H2,1H3. The first-order valence-electron chi connectivity index (χ1n) is 4.38. The van der Waals surface area contributed by atoms with Crippen molar-refractivity contribution in [2.45, 2.75) is 32.6 Å². The lowest BCUT2D eigenvalue weighted by Gasteiger charge is -2.07. The van der Waals surface area contributed by atoms with Crippen molar-refractivity contribution in [3.8, 4) is 0 Å². The summed E-state index contributed by atoms with van der Waals surface area (Å²) >= 11 is 0. The average Bonchev–Trinajstić information content (AvgIpc) is 2.16. The lowest BCUT2D eigenvalue weighted by Crippen LogP contribution is -1.90. The monoisotopic (exact) mass is 165 g/mol. The predicted octanol–water partition coefficient (Wildman–Crippen LogP) is 2.89. The molecule has 0 aliphatic heterocycles. The Morgan fingerprint density at radius 2 is 2.42 bits per heavy atom. The molecule has 0 bridgehead atoms. The Morgan fingerprint density at radius 3 is 3.00 bits per heavy atom. The van der Waals surface area contributed by atoms with Gasteiger partial charge in [-0.05, 0) is 38.7 Å². The quantitative estimate of drug-likeness (QED) is 0.381. The van der Waals surface area contributed by atoms with Gasteiger partial charge in [-0.3, -0.25) is 0 Å². The summed E-state index contributed by atoms with van der Waals surface area (Å²) in [6, 6.07) is 0. The van der Waals surface area contributed by atoms with Crippen molar-refractivity contribution in [3.63, 3.8) is 0 Å². The summed E-state index contributed by atoms with van der Waals surface area (Å²) in [5.41, 5.74) is 2.02. The molecule has 1 aliphatic carbocycles. The zero-order valence-electron chi connectivity index (χ0n) is 7.45. The Morgan fingerprint density at radius 1 is 1.58 bits per heavy atom. The molecule has 0 amide bonds. The van der Waals surface area contributed by atoms with Gasteiger partial charge in [-0.15, -0.1) is 0 Å². The molecule has 66 valence electrons. The summed E-state index contributed by atoms with van der Waals surface area (Å²) in [5, 5.41) is 11.5. The van der Waals surface area contributed by atoms with Crippen LogP contribution in [0.1, 0.15) is 32.6 Å². The molecule has 12 heavy (non-hydrogen) atoms. The fraction of sp³-hybridized carbons (Fsp3) is 0.500. The van der Waals surface area contributed by atoms with E-state index in [-0.39, 0.29) is 0 Å². The van der Waals surface area contributed by atoms with Gasteiger partial charge >= 0.3 is 0 Å². The molecular formula is C10H15NO. The largest absolute Gasteiger partial charge is 0.411 e. The molecule has 0 radical (unpaired) electrons. The van der Waals surface area contributed by atoms with E-state index in [1.807, 2.05) is 12.2 Å². The second-order valence-corrected chi connectivity index (χ2v) is 3.10. The minimum Gasteiger partial charge on any atom is -0.411 e. The molecule has 2 nitrogen and oxygen atoms in total. The fourth-order valence-corrected chi connectivity index (χ4v) is 1.28. The van der Waals surface area contributed by atoms with E-state index in [2.05, 4.69) is 11.2 Å². The molecule has 1 rings (SSSR count). The first kappa shape index (κ1) is 9.04. The minimum atomic E-state index is 0.654. The van der Waals surface area contributed by atoms with Crippen LogP contribution in [0.2, 0.25) is 0 Å². The van der Waals surface area contributed by atoms with Gasteiger partial charge in [0.1, 0.15) is 0 Å². The van der Waals surface area contributed by atoms with Gasteiger partial charge in [0.05, 0.1) is 5.71 Å². The van der Waals surface area contributed by atoms with Crippen LogP contribution in [0.25, 0.3) is 0 Å². The summed E-state index contributed by atoms with van der Waals surface area (Å²) < 4.78 is 0. The van der Waals surface area contributed by atoms with E-state index in [1.165, 1.54) is 24.8 Å². The highest BCUT2D eigenvalue weighted by Gasteiger charge is 1.99. The summed E-state index contributed by atoms with van der Waals surface area (Å²) in [5.74, 6) is 0. The van der Waals surface area contributed by atoms with Crippen LogP contribution in [-0.4, -0.2) is 10.9 Å². The Balaban J connectivity index is 2.49. The van der Waals surface area contributed by atoms with Crippen molar-refractivity contribution in [2.75, 3.05) is 0 Å². The lowest BCUT2D eigenvalue weighted by molar-refractivity contribution is 0.319. The molecular weight excluding hydrogens is 150 g/mol. The summed E-state index contributed by atoms with van der Waals surface area (Å²) in [6.07, 6.45) is 11.1.